The van der Waals surface area contributed by atoms with Crippen LogP contribution in [0.1, 0.15) is 0 Å². The molecule has 58 valence electrons. The Morgan fingerprint density at radius 3 is 2.00 bits per heavy atom. The first-order valence-electron chi connectivity index (χ1n) is 2.98. The summed E-state index contributed by atoms with van der Waals surface area (Å²) in [4.78, 5) is 0. The van der Waals surface area contributed by atoms with Gasteiger partial charge in [-0.2, -0.15) is 0 Å². The van der Waals surface area contributed by atoms with Gasteiger partial charge in [0.1, 0.15) is 0 Å². The topological polar surface area (TPSA) is 0 Å². The first kappa shape index (κ1) is 8.90. The van der Waals surface area contributed by atoms with Crippen molar-refractivity contribution in [3.8, 4) is 0 Å². The van der Waals surface area contributed by atoms with Crippen LogP contribution in [0.3, 0.4) is 0 Å². The Kier molecular flexibility index (Phi) is 2.81. The second-order valence-electron chi connectivity index (χ2n) is 1.99. The van der Waals surface area contributed by atoms with E-state index >= 15 is 0 Å². The van der Waals surface area contributed by atoms with Gasteiger partial charge in [-0.05, 0) is 0 Å². The zero-order valence-corrected chi connectivity index (χ0v) is 8.37. The minimum absolute atomic E-state index is 0.476. The monoisotopic (exact) mass is 266 g/mol. The van der Waals surface area contributed by atoms with Crippen molar-refractivity contribution in [2.75, 3.05) is 0 Å². The Balaban J connectivity index is 2.66. The van der Waals surface area contributed by atoms with Crippen molar-refractivity contribution in [3.63, 3.8) is 0 Å². The fourth-order valence-corrected chi connectivity index (χ4v) is 2.64. The molecule has 0 fully saturated rings. The van der Waals surface area contributed by atoms with Crippen molar-refractivity contribution in [2.45, 2.75) is 4.19 Å². The van der Waals surface area contributed by atoms with Crippen LogP contribution in [-0.2, 0) is 0 Å². The van der Waals surface area contributed by atoms with Crippen LogP contribution in [0, 0.1) is 0 Å². The number of alkyl halides is 3. The van der Waals surface area contributed by atoms with Crippen LogP contribution in [0.5, 0.6) is 0 Å². The van der Waals surface area contributed by atoms with Crippen molar-refractivity contribution in [1.29, 1.82) is 0 Å². The molecule has 0 N–H and O–H groups in total. The van der Waals surface area contributed by atoms with Crippen LogP contribution in [0.15, 0.2) is 30.3 Å². The van der Waals surface area contributed by atoms with E-state index in [-0.39, 0.29) is 0 Å². The molecule has 0 aliphatic carbocycles. The van der Waals surface area contributed by atoms with E-state index in [1.54, 1.807) is 30.3 Å². The average Bonchev–Trinajstić information content (AvgIpc) is 1.85. The van der Waals surface area contributed by atoms with E-state index in [4.69, 9.17) is 0 Å². The molecule has 0 aliphatic heterocycles. The third-order valence-electron chi connectivity index (χ3n) is 1.06. The van der Waals surface area contributed by atoms with E-state index in [9.17, 15) is 13.2 Å². The number of hydrogen-bond acceptors (Lipinski definition) is 0. The zero-order valence-electron chi connectivity index (χ0n) is 5.52. The normalized spacial score (nSPS) is 11.5. The van der Waals surface area contributed by atoms with Crippen molar-refractivity contribution < 1.29 is 13.2 Å². The molecule has 4 heteroatoms. The third-order valence-corrected chi connectivity index (χ3v) is 3.64. The van der Waals surface area contributed by atoms with E-state index in [0.29, 0.717) is 3.58 Å². The number of rotatable bonds is 1. The van der Waals surface area contributed by atoms with Gasteiger partial charge in [0.25, 0.3) is 0 Å². The minimum atomic E-state index is -3.93. The summed E-state index contributed by atoms with van der Waals surface area (Å²) in [6.07, 6.45) is 0. The molecule has 0 aromatic heterocycles. The Labute approximate surface area is 72.6 Å². The van der Waals surface area contributed by atoms with E-state index < -0.39 is 25.3 Å². The second kappa shape index (κ2) is 3.47. The Morgan fingerprint density at radius 1 is 1.00 bits per heavy atom. The van der Waals surface area contributed by atoms with Crippen LogP contribution >= 0.6 is 0 Å². The Morgan fingerprint density at radius 2 is 1.55 bits per heavy atom. The molecule has 0 unspecified atom stereocenters. The molecule has 0 nitrogen and oxygen atoms in total. The van der Waals surface area contributed by atoms with Gasteiger partial charge < -0.3 is 0 Å². The molecular weight excluding hydrogens is 260 g/mol. The molecule has 0 amide bonds. The summed E-state index contributed by atoms with van der Waals surface area (Å²) in [5, 5.41) is 0. The van der Waals surface area contributed by atoms with Crippen LogP contribution < -0.4 is 3.58 Å². The molecule has 0 atom stereocenters. The van der Waals surface area contributed by atoms with E-state index in [2.05, 4.69) is 0 Å². The Hall–Kier alpha value is -0.191. The predicted molar refractivity (Wildman–Crippen MR) is 37.9 cm³/mol. The first-order chi connectivity index (χ1) is 5.08. The van der Waals surface area contributed by atoms with Gasteiger partial charge in [0.05, 0.1) is 0 Å². The van der Waals surface area contributed by atoms with Crippen LogP contribution in [0.4, 0.5) is 13.2 Å². The molecule has 1 aromatic carbocycles. The van der Waals surface area contributed by atoms with Gasteiger partial charge in [0.2, 0.25) is 0 Å². The van der Waals surface area contributed by atoms with E-state index in [1.165, 1.54) is 0 Å². The molecule has 0 aliphatic rings. The molecule has 1 rings (SSSR count). The van der Waals surface area contributed by atoms with Gasteiger partial charge in [-0.3, -0.25) is 0 Å². The molecule has 2 radical (unpaired) electrons. The predicted octanol–water partition coefficient (Wildman–Crippen LogP) is 1.54. The summed E-state index contributed by atoms with van der Waals surface area (Å²) in [6.45, 7) is 0. The molecule has 1 aromatic rings. The zero-order chi connectivity index (χ0) is 8.32. The average molecular weight is 265 g/mol. The van der Waals surface area contributed by atoms with Crippen LogP contribution in [-0.4, -0.2) is 25.3 Å². The summed E-state index contributed by atoms with van der Waals surface area (Å²) >= 11 is -2.35. The second-order valence-corrected chi connectivity index (χ2v) is 5.97. The number of benzene rings is 1. The van der Waals surface area contributed by atoms with Gasteiger partial charge in [-0.1, -0.05) is 0 Å². The van der Waals surface area contributed by atoms with E-state index in [1.807, 2.05) is 0 Å². The maximum absolute atomic E-state index is 11.8. The van der Waals surface area contributed by atoms with Gasteiger partial charge in [0, 0.05) is 0 Å². The summed E-state index contributed by atoms with van der Waals surface area (Å²) in [5.41, 5.74) is 0. The summed E-state index contributed by atoms with van der Waals surface area (Å²) in [5.74, 6) is 0. The van der Waals surface area contributed by atoms with Crippen molar-refractivity contribution >= 4 is 24.7 Å². The van der Waals surface area contributed by atoms with Crippen LogP contribution in [0.2, 0.25) is 0 Å². The SMILES string of the molecule is F[C](F)(F)[Sn][c]1ccccc1. The molecule has 0 saturated carbocycles. The fraction of sp³-hybridized carbons (Fsp3) is 0.143. The molecule has 11 heavy (non-hydrogen) atoms. The van der Waals surface area contributed by atoms with Crippen molar-refractivity contribution in [3.05, 3.63) is 30.3 Å². The van der Waals surface area contributed by atoms with Crippen LogP contribution in [0.25, 0.3) is 0 Å². The summed E-state index contributed by atoms with van der Waals surface area (Å²) < 4.78 is 32.0. The standard InChI is InChI=1S/C6H5.CF3.Sn/c1-2-4-6-5-3-1;2-1(3)4;/h1-5H;;. The molecule has 0 heterocycles. The van der Waals surface area contributed by atoms with Gasteiger partial charge in [-0.25, -0.2) is 0 Å². The summed E-state index contributed by atoms with van der Waals surface area (Å²) in [6, 6.07) is 8.09. The quantitative estimate of drug-likeness (QED) is 0.675. The molecule has 0 bridgehead atoms. The summed E-state index contributed by atoms with van der Waals surface area (Å²) in [7, 11) is 0. The number of halogens is 3. The van der Waals surface area contributed by atoms with Crippen molar-refractivity contribution in [2.24, 2.45) is 0 Å². The van der Waals surface area contributed by atoms with E-state index in [0.717, 1.165) is 0 Å². The maximum atomic E-state index is 11.8. The molecule has 0 saturated heterocycles. The molecule has 0 spiro atoms. The first-order valence-corrected chi connectivity index (χ1v) is 5.83. The fourth-order valence-electron chi connectivity index (χ4n) is 0.685. The molecular formula is C7H5F3Sn. The number of hydrogen-bond donors (Lipinski definition) is 0. The van der Waals surface area contributed by atoms with Crippen molar-refractivity contribution in [1.82, 2.24) is 0 Å². The van der Waals surface area contributed by atoms with Gasteiger partial charge in [0.15, 0.2) is 0 Å². The Bertz CT molecular complexity index is 217. The van der Waals surface area contributed by atoms with Gasteiger partial charge >= 0.3 is 72.4 Å². The van der Waals surface area contributed by atoms with Gasteiger partial charge in [-0.15, -0.1) is 0 Å². The third kappa shape index (κ3) is 3.65.